The Labute approximate surface area is 148 Å². The molecule has 0 radical (unpaired) electrons. The van der Waals surface area contributed by atoms with Gasteiger partial charge in [0.25, 0.3) is 0 Å². The first-order valence-electron chi connectivity index (χ1n) is 8.46. The second kappa shape index (κ2) is 7.03. The van der Waals surface area contributed by atoms with Crippen LogP contribution >= 0.6 is 0 Å². The van der Waals surface area contributed by atoms with Gasteiger partial charge in [-0.3, -0.25) is 10.7 Å². The van der Waals surface area contributed by atoms with Crippen molar-refractivity contribution in [2.45, 2.75) is 26.6 Å². The number of benzene rings is 1. The Kier molecular flexibility index (Phi) is 4.81. The molecular formula is C19H24N6. The second-order valence-corrected chi connectivity index (χ2v) is 6.61. The van der Waals surface area contributed by atoms with E-state index in [1.807, 2.05) is 42.5 Å². The molecule has 0 saturated carbocycles. The van der Waals surface area contributed by atoms with Crippen molar-refractivity contribution < 1.29 is 0 Å². The van der Waals surface area contributed by atoms with Gasteiger partial charge >= 0.3 is 0 Å². The van der Waals surface area contributed by atoms with Crippen molar-refractivity contribution in [1.82, 2.24) is 10.3 Å². The number of nitrogens with two attached hydrogens (primary N) is 1. The summed E-state index contributed by atoms with van der Waals surface area (Å²) in [6.45, 7) is 6.37. The lowest BCUT2D eigenvalue weighted by Crippen LogP contribution is -2.62. The maximum atomic E-state index is 6.64. The topological polar surface area (TPSA) is 87.7 Å². The maximum Gasteiger partial charge on any atom is 0.228 e. The van der Waals surface area contributed by atoms with Crippen LogP contribution in [0.3, 0.4) is 0 Å². The van der Waals surface area contributed by atoms with Crippen LogP contribution in [-0.2, 0) is 0 Å². The standard InChI is InChI=1S/C19H24N6/c1-13(2)14(3)19(20)24-17(15-7-5-4-6-8-15)23-18(25-19)22-16-9-11-21-12-10-16/h4-14H,20H2,1-3H3,(H2,21,22,23,24,25). The van der Waals surface area contributed by atoms with Gasteiger partial charge in [0.1, 0.15) is 5.84 Å². The van der Waals surface area contributed by atoms with Gasteiger partial charge in [-0.1, -0.05) is 51.1 Å². The Morgan fingerprint density at radius 1 is 1.04 bits per heavy atom. The molecule has 6 nitrogen and oxygen atoms in total. The van der Waals surface area contributed by atoms with Crippen LogP contribution in [0.1, 0.15) is 26.3 Å². The summed E-state index contributed by atoms with van der Waals surface area (Å²) in [6, 6.07) is 13.7. The highest BCUT2D eigenvalue weighted by Gasteiger charge is 2.37. The van der Waals surface area contributed by atoms with E-state index in [0.717, 1.165) is 11.3 Å². The number of aliphatic imine (C=N–C) groups is 2. The zero-order valence-electron chi connectivity index (χ0n) is 14.8. The number of anilines is 1. The van der Waals surface area contributed by atoms with E-state index in [9.17, 15) is 0 Å². The number of pyridine rings is 1. The van der Waals surface area contributed by atoms with Crippen molar-refractivity contribution in [1.29, 1.82) is 0 Å². The lowest BCUT2D eigenvalue weighted by atomic mass is 9.90. The number of rotatable bonds is 4. The molecular weight excluding hydrogens is 312 g/mol. The number of aromatic nitrogens is 1. The summed E-state index contributed by atoms with van der Waals surface area (Å²) in [4.78, 5) is 13.3. The Hall–Kier alpha value is -2.73. The third-order valence-corrected chi connectivity index (χ3v) is 4.51. The fraction of sp³-hybridized carbons (Fsp3) is 0.316. The van der Waals surface area contributed by atoms with Gasteiger partial charge in [-0.15, -0.1) is 0 Å². The quantitative estimate of drug-likeness (QED) is 0.801. The molecule has 1 aromatic heterocycles. The fourth-order valence-corrected chi connectivity index (χ4v) is 2.63. The number of guanidine groups is 1. The molecule has 4 N–H and O–H groups in total. The molecule has 0 bridgehead atoms. The molecule has 2 unspecified atom stereocenters. The van der Waals surface area contributed by atoms with E-state index < -0.39 is 5.79 Å². The molecule has 130 valence electrons. The van der Waals surface area contributed by atoms with E-state index in [2.05, 4.69) is 46.4 Å². The highest BCUT2D eigenvalue weighted by molar-refractivity contribution is 6.10. The first-order chi connectivity index (χ1) is 12.0. The molecule has 6 heteroatoms. The lowest BCUT2D eigenvalue weighted by Gasteiger charge is -2.38. The second-order valence-electron chi connectivity index (χ2n) is 6.61. The van der Waals surface area contributed by atoms with Crippen LogP contribution in [0.4, 0.5) is 5.69 Å². The largest absolute Gasteiger partial charge is 0.333 e. The predicted molar refractivity (Wildman–Crippen MR) is 102 cm³/mol. The van der Waals surface area contributed by atoms with Crippen molar-refractivity contribution in [2.75, 3.05) is 5.32 Å². The van der Waals surface area contributed by atoms with E-state index in [4.69, 9.17) is 5.73 Å². The summed E-state index contributed by atoms with van der Waals surface area (Å²) in [5.41, 5.74) is 8.48. The molecule has 0 fully saturated rings. The first kappa shape index (κ1) is 17.1. The van der Waals surface area contributed by atoms with Crippen LogP contribution in [0.15, 0.2) is 64.8 Å². The molecule has 3 rings (SSSR count). The summed E-state index contributed by atoms with van der Waals surface area (Å²) < 4.78 is 0. The van der Waals surface area contributed by atoms with Gasteiger partial charge in [-0.05, 0) is 18.1 Å². The summed E-state index contributed by atoms with van der Waals surface area (Å²) in [5, 5.41) is 6.56. The van der Waals surface area contributed by atoms with Crippen LogP contribution in [0.5, 0.6) is 0 Å². The van der Waals surface area contributed by atoms with Gasteiger partial charge in [-0.2, -0.15) is 4.99 Å². The number of hydrogen-bond acceptors (Lipinski definition) is 6. The summed E-state index contributed by atoms with van der Waals surface area (Å²) in [6.07, 6.45) is 3.44. The van der Waals surface area contributed by atoms with E-state index in [1.54, 1.807) is 12.4 Å². The Bertz CT molecular complexity index is 769. The number of nitrogens with zero attached hydrogens (tertiary/aromatic N) is 3. The summed E-state index contributed by atoms with van der Waals surface area (Å²) in [7, 11) is 0. The average Bonchev–Trinajstić information content (AvgIpc) is 2.62. The SMILES string of the molecule is CC(C)C(C)C1(N)N=C(Nc2ccncc2)N=C(c2ccccc2)N1. The molecule has 0 spiro atoms. The molecule has 2 atom stereocenters. The van der Waals surface area contributed by atoms with Crippen LogP contribution in [-0.4, -0.2) is 22.6 Å². The monoisotopic (exact) mass is 336 g/mol. The molecule has 0 amide bonds. The number of nitrogens with one attached hydrogen (secondary N) is 2. The smallest absolute Gasteiger partial charge is 0.228 e. The maximum absolute atomic E-state index is 6.64. The van der Waals surface area contributed by atoms with Crippen LogP contribution in [0.2, 0.25) is 0 Å². The third-order valence-electron chi connectivity index (χ3n) is 4.51. The molecule has 2 heterocycles. The van der Waals surface area contributed by atoms with Gasteiger partial charge in [0, 0.05) is 29.6 Å². The normalized spacial score (nSPS) is 21.2. The van der Waals surface area contributed by atoms with Crippen LogP contribution in [0.25, 0.3) is 0 Å². The van der Waals surface area contributed by atoms with E-state index in [1.165, 1.54) is 0 Å². The Morgan fingerprint density at radius 3 is 2.36 bits per heavy atom. The summed E-state index contributed by atoms with van der Waals surface area (Å²) >= 11 is 0. The van der Waals surface area contributed by atoms with Crippen molar-refractivity contribution >= 4 is 17.5 Å². The summed E-state index contributed by atoms with van der Waals surface area (Å²) in [5.74, 6) is 0.728. The van der Waals surface area contributed by atoms with Crippen LogP contribution in [0, 0.1) is 11.8 Å². The van der Waals surface area contributed by atoms with Crippen molar-refractivity contribution in [3.63, 3.8) is 0 Å². The lowest BCUT2D eigenvalue weighted by molar-refractivity contribution is 0.215. The minimum Gasteiger partial charge on any atom is -0.333 e. The van der Waals surface area contributed by atoms with Crippen molar-refractivity contribution in [2.24, 2.45) is 27.6 Å². The minimum absolute atomic E-state index is 0.107. The van der Waals surface area contributed by atoms with Crippen LogP contribution < -0.4 is 16.4 Å². The molecule has 0 saturated heterocycles. The van der Waals surface area contributed by atoms with E-state index in [-0.39, 0.29) is 5.92 Å². The van der Waals surface area contributed by atoms with Gasteiger partial charge in [0.2, 0.25) is 5.96 Å². The average molecular weight is 336 g/mol. The zero-order valence-corrected chi connectivity index (χ0v) is 14.8. The Balaban J connectivity index is 1.98. The van der Waals surface area contributed by atoms with Crippen molar-refractivity contribution in [3.8, 4) is 0 Å². The van der Waals surface area contributed by atoms with E-state index in [0.29, 0.717) is 17.7 Å². The molecule has 25 heavy (non-hydrogen) atoms. The molecule has 2 aromatic rings. The highest BCUT2D eigenvalue weighted by Crippen LogP contribution is 2.25. The number of amidine groups is 1. The minimum atomic E-state index is -0.934. The molecule has 1 aliphatic heterocycles. The van der Waals surface area contributed by atoms with Gasteiger partial charge < -0.3 is 10.6 Å². The van der Waals surface area contributed by atoms with E-state index >= 15 is 0 Å². The fourth-order valence-electron chi connectivity index (χ4n) is 2.63. The Morgan fingerprint density at radius 2 is 1.72 bits per heavy atom. The van der Waals surface area contributed by atoms with Gasteiger partial charge in [0.15, 0.2) is 5.79 Å². The molecule has 1 aliphatic rings. The highest BCUT2D eigenvalue weighted by atomic mass is 15.4. The van der Waals surface area contributed by atoms with Crippen molar-refractivity contribution in [3.05, 3.63) is 60.4 Å². The third kappa shape index (κ3) is 3.85. The zero-order chi connectivity index (χ0) is 17.9. The predicted octanol–water partition coefficient (Wildman–Crippen LogP) is 2.80. The first-order valence-corrected chi connectivity index (χ1v) is 8.46. The van der Waals surface area contributed by atoms with Gasteiger partial charge in [0.05, 0.1) is 0 Å². The molecule has 1 aromatic carbocycles. The number of hydrogen-bond donors (Lipinski definition) is 3. The van der Waals surface area contributed by atoms with Gasteiger partial charge in [-0.25, -0.2) is 4.99 Å². The molecule has 0 aliphatic carbocycles.